The molecule has 0 unspecified atom stereocenters. The molecule has 20 heavy (non-hydrogen) atoms. The van der Waals surface area contributed by atoms with Gasteiger partial charge < -0.3 is 9.30 Å². The van der Waals surface area contributed by atoms with Gasteiger partial charge in [0.25, 0.3) is 0 Å². The van der Waals surface area contributed by atoms with Crippen LogP contribution in [0.15, 0.2) is 48.7 Å². The molecule has 0 fully saturated rings. The zero-order valence-corrected chi connectivity index (χ0v) is 12.2. The molecule has 102 valence electrons. The Balaban J connectivity index is 1.86. The van der Waals surface area contributed by atoms with E-state index in [9.17, 15) is 0 Å². The zero-order chi connectivity index (χ0) is 14.1. The van der Waals surface area contributed by atoms with Crippen molar-refractivity contribution in [2.24, 2.45) is 7.05 Å². The van der Waals surface area contributed by atoms with E-state index in [1.165, 1.54) is 27.6 Å². The van der Waals surface area contributed by atoms with Crippen LogP contribution >= 0.6 is 0 Å². The van der Waals surface area contributed by atoms with Crippen LogP contribution in [0, 0.1) is 13.8 Å². The largest absolute Gasteiger partial charge is 0.489 e. The van der Waals surface area contributed by atoms with Crippen molar-refractivity contribution in [2.75, 3.05) is 0 Å². The predicted octanol–water partition coefficient (Wildman–Crippen LogP) is 4.37. The average molecular weight is 265 g/mol. The van der Waals surface area contributed by atoms with E-state index in [4.69, 9.17) is 4.74 Å². The molecule has 0 radical (unpaired) electrons. The molecule has 0 N–H and O–H groups in total. The second kappa shape index (κ2) is 5.04. The second-order valence-electron chi connectivity index (χ2n) is 5.39. The molecule has 3 rings (SSSR count). The molecule has 0 aliphatic rings. The molecular weight excluding hydrogens is 246 g/mol. The highest BCUT2D eigenvalue weighted by atomic mass is 16.5. The Hall–Kier alpha value is -2.22. The van der Waals surface area contributed by atoms with Crippen LogP contribution in [0.3, 0.4) is 0 Å². The van der Waals surface area contributed by atoms with Crippen molar-refractivity contribution in [3.05, 3.63) is 65.4 Å². The van der Waals surface area contributed by atoms with E-state index in [2.05, 4.69) is 62.0 Å². The minimum atomic E-state index is 0.601. The fourth-order valence-electron chi connectivity index (χ4n) is 2.49. The van der Waals surface area contributed by atoms with Crippen LogP contribution < -0.4 is 4.74 Å². The Labute approximate surface area is 119 Å². The summed E-state index contributed by atoms with van der Waals surface area (Å²) in [5, 5.41) is 1.27. The van der Waals surface area contributed by atoms with Gasteiger partial charge in [-0.05, 0) is 37.6 Å². The molecule has 0 bridgehead atoms. The third-order valence-electron chi connectivity index (χ3n) is 3.64. The summed E-state index contributed by atoms with van der Waals surface area (Å²) < 4.78 is 8.05. The summed E-state index contributed by atoms with van der Waals surface area (Å²) in [5.41, 5.74) is 5.01. The smallest absolute Gasteiger partial charge is 0.119 e. The average Bonchev–Trinajstić information content (AvgIpc) is 2.74. The molecule has 2 nitrogen and oxygen atoms in total. The number of ether oxygens (including phenoxy) is 1. The van der Waals surface area contributed by atoms with E-state index >= 15 is 0 Å². The summed E-state index contributed by atoms with van der Waals surface area (Å²) in [4.78, 5) is 0. The molecule has 0 aliphatic carbocycles. The van der Waals surface area contributed by atoms with Crippen molar-refractivity contribution < 1.29 is 4.74 Å². The van der Waals surface area contributed by atoms with Crippen LogP contribution in [0.1, 0.15) is 16.7 Å². The van der Waals surface area contributed by atoms with Gasteiger partial charge in [-0.3, -0.25) is 0 Å². The summed E-state index contributed by atoms with van der Waals surface area (Å²) in [6, 6.07) is 14.7. The number of benzene rings is 2. The lowest BCUT2D eigenvalue weighted by Gasteiger charge is -2.05. The van der Waals surface area contributed by atoms with Gasteiger partial charge in [-0.25, -0.2) is 0 Å². The summed E-state index contributed by atoms with van der Waals surface area (Å²) >= 11 is 0. The molecule has 3 aromatic rings. The summed E-state index contributed by atoms with van der Waals surface area (Å²) in [5.74, 6) is 0.916. The first-order valence-corrected chi connectivity index (χ1v) is 6.87. The maximum Gasteiger partial charge on any atom is 0.119 e. The quantitative estimate of drug-likeness (QED) is 0.685. The van der Waals surface area contributed by atoms with Gasteiger partial charge in [-0.1, -0.05) is 29.8 Å². The molecule has 0 saturated carbocycles. The third kappa shape index (κ3) is 2.42. The second-order valence-corrected chi connectivity index (χ2v) is 5.39. The lowest BCUT2D eigenvalue weighted by atomic mass is 10.1. The van der Waals surface area contributed by atoms with E-state index in [0.717, 1.165) is 5.75 Å². The van der Waals surface area contributed by atoms with Crippen molar-refractivity contribution in [1.29, 1.82) is 0 Å². The minimum Gasteiger partial charge on any atom is -0.489 e. The van der Waals surface area contributed by atoms with E-state index in [1.807, 2.05) is 12.1 Å². The van der Waals surface area contributed by atoms with Crippen molar-refractivity contribution in [3.63, 3.8) is 0 Å². The molecule has 2 heteroatoms. The number of aryl methyl sites for hydroxylation is 3. The molecule has 0 amide bonds. The number of aromatic nitrogens is 1. The number of fused-ring (bicyclic) bond motifs is 1. The molecule has 0 atom stereocenters. The van der Waals surface area contributed by atoms with E-state index in [-0.39, 0.29) is 0 Å². The van der Waals surface area contributed by atoms with Gasteiger partial charge in [-0.2, -0.15) is 0 Å². The number of rotatable bonds is 3. The molecule has 0 saturated heterocycles. The van der Waals surface area contributed by atoms with Gasteiger partial charge >= 0.3 is 0 Å². The van der Waals surface area contributed by atoms with E-state index in [1.54, 1.807) is 0 Å². The highest BCUT2D eigenvalue weighted by molar-refractivity contribution is 5.84. The minimum absolute atomic E-state index is 0.601. The number of hydrogen-bond acceptors (Lipinski definition) is 1. The fraction of sp³-hybridized carbons (Fsp3) is 0.222. The van der Waals surface area contributed by atoms with Gasteiger partial charge in [0.15, 0.2) is 0 Å². The number of hydrogen-bond donors (Lipinski definition) is 0. The predicted molar refractivity (Wildman–Crippen MR) is 83.2 cm³/mol. The number of nitrogens with zero attached hydrogens (tertiary/aromatic N) is 1. The highest BCUT2D eigenvalue weighted by Gasteiger charge is 2.07. The Morgan fingerprint density at radius 3 is 2.40 bits per heavy atom. The standard InChI is InChI=1S/C18H19NO/c1-13-4-7-16(8-5-13)20-12-15-11-19(3)18-10-14(2)6-9-17(15)18/h4-11H,12H2,1-3H3. The first-order valence-electron chi connectivity index (χ1n) is 6.87. The van der Waals surface area contributed by atoms with Crippen molar-refractivity contribution in [2.45, 2.75) is 20.5 Å². The van der Waals surface area contributed by atoms with E-state index in [0.29, 0.717) is 6.61 Å². The molecule has 1 aromatic heterocycles. The maximum atomic E-state index is 5.89. The van der Waals surface area contributed by atoms with Crippen LogP contribution in [0.4, 0.5) is 0 Å². The Bertz CT molecular complexity index is 738. The Kier molecular flexibility index (Phi) is 3.23. The first-order chi connectivity index (χ1) is 9.63. The zero-order valence-electron chi connectivity index (χ0n) is 12.2. The van der Waals surface area contributed by atoms with Gasteiger partial charge in [0, 0.05) is 29.7 Å². The summed E-state index contributed by atoms with van der Waals surface area (Å²) in [7, 11) is 2.08. The first kappa shape index (κ1) is 12.8. The van der Waals surface area contributed by atoms with Gasteiger partial charge in [0.2, 0.25) is 0 Å². The normalized spacial score (nSPS) is 10.9. The molecular formula is C18H19NO. The monoisotopic (exact) mass is 265 g/mol. The van der Waals surface area contributed by atoms with E-state index < -0.39 is 0 Å². The topological polar surface area (TPSA) is 14.2 Å². The molecule has 1 heterocycles. The van der Waals surface area contributed by atoms with Gasteiger partial charge in [0.05, 0.1) is 0 Å². The van der Waals surface area contributed by atoms with Gasteiger partial charge in [-0.15, -0.1) is 0 Å². The maximum absolute atomic E-state index is 5.89. The molecule has 0 aliphatic heterocycles. The summed E-state index contributed by atoms with van der Waals surface area (Å²) in [6.07, 6.45) is 2.15. The van der Waals surface area contributed by atoms with Crippen molar-refractivity contribution in [1.82, 2.24) is 4.57 Å². The molecule has 2 aromatic carbocycles. The third-order valence-corrected chi connectivity index (χ3v) is 3.64. The van der Waals surface area contributed by atoms with Crippen molar-refractivity contribution in [3.8, 4) is 5.75 Å². The Morgan fingerprint density at radius 1 is 0.950 bits per heavy atom. The highest BCUT2D eigenvalue weighted by Crippen LogP contribution is 2.23. The van der Waals surface area contributed by atoms with Crippen LogP contribution in [-0.2, 0) is 13.7 Å². The van der Waals surface area contributed by atoms with Crippen LogP contribution in [0.2, 0.25) is 0 Å². The van der Waals surface area contributed by atoms with Crippen LogP contribution in [0.5, 0.6) is 5.75 Å². The fourth-order valence-corrected chi connectivity index (χ4v) is 2.49. The summed E-state index contributed by atoms with van der Waals surface area (Å²) in [6.45, 7) is 4.80. The van der Waals surface area contributed by atoms with Crippen molar-refractivity contribution >= 4 is 10.9 Å². The SMILES string of the molecule is Cc1ccc(OCc2cn(C)c3cc(C)ccc23)cc1. The lowest BCUT2D eigenvalue weighted by molar-refractivity contribution is 0.307. The van der Waals surface area contributed by atoms with Crippen LogP contribution in [0.25, 0.3) is 10.9 Å². The van der Waals surface area contributed by atoms with Crippen LogP contribution in [-0.4, -0.2) is 4.57 Å². The Morgan fingerprint density at radius 2 is 1.65 bits per heavy atom. The lowest BCUT2D eigenvalue weighted by Crippen LogP contribution is -1.94. The molecule has 0 spiro atoms. The van der Waals surface area contributed by atoms with Gasteiger partial charge in [0.1, 0.15) is 12.4 Å².